The number of carbonyl (C=O) groups is 3. The fraction of sp³-hybridized carbons (Fsp3) is 0.517. The number of nitrogens with one attached hydrogen (secondary N) is 2. The summed E-state index contributed by atoms with van der Waals surface area (Å²) in [6.07, 6.45) is 10.8. The molecule has 1 aromatic rings. The van der Waals surface area contributed by atoms with Crippen molar-refractivity contribution in [3.05, 3.63) is 65.8 Å². The summed E-state index contributed by atoms with van der Waals surface area (Å²) in [4.78, 5) is 47.7. The van der Waals surface area contributed by atoms with Crippen molar-refractivity contribution in [2.24, 2.45) is 11.8 Å². The Morgan fingerprint density at radius 1 is 1.24 bits per heavy atom. The highest BCUT2D eigenvalue weighted by Gasteiger charge is 2.38. The summed E-state index contributed by atoms with van der Waals surface area (Å²) >= 11 is 0. The van der Waals surface area contributed by atoms with E-state index in [-0.39, 0.29) is 23.7 Å². The summed E-state index contributed by atoms with van der Waals surface area (Å²) in [5.74, 6) is -0.617. The van der Waals surface area contributed by atoms with Crippen molar-refractivity contribution in [1.29, 1.82) is 0 Å². The van der Waals surface area contributed by atoms with Crippen molar-refractivity contribution in [3.8, 4) is 0 Å². The molecule has 9 heteroatoms. The molecular formula is C29H40N4O5. The van der Waals surface area contributed by atoms with Gasteiger partial charge in [0, 0.05) is 25.4 Å². The van der Waals surface area contributed by atoms with Crippen LogP contribution in [0.3, 0.4) is 0 Å². The minimum Gasteiger partial charge on any atom is -0.460 e. The Labute approximate surface area is 224 Å². The van der Waals surface area contributed by atoms with Crippen LogP contribution < -0.4 is 5.32 Å². The first kappa shape index (κ1) is 29.1. The third-order valence-corrected chi connectivity index (χ3v) is 6.77. The molecule has 2 aliphatic rings. The van der Waals surface area contributed by atoms with E-state index in [1.54, 1.807) is 17.1 Å². The number of esters is 1. The van der Waals surface area contributed by atoms with E-state index < -0.39 is 24.2 Å². The van der Waals surface area contributed by atoms with E-state index in [1.165, 1.54) is 12.3 Å². The number of amides is 2. The number of rotatable bonds is 1. The maximum absolute atomic E-state index is 13.3. The van der Waals surface area contributed by atoms with E-state index >= 15 is 0 Å². The lowest BCUT2D eigenvalue weighted by Gasteiger charge is -2.29. The number of ether oxygens (including phenoxy) is 1. The van der Waals surface area contributed by atoms with Crippen molar-refractivity contribution in [2.75, 3.05) is 13.1 Å². The van der Waals surface area contributed by atoms with Gasteiger partial charge in [0.25, 0.3) is 5.91 Å². The van der Waals surface area contributed by atoms with E-state index in [4.69, 9.17) is 4.74 Å². The molecular weight excluding hydrogens is 484 g/mol. The van der Waals surface area contributed by atoms with Gasteiger partial charge in [0.2, 0.25) is 5.91 Å². The monoisotopic (exact) mass is 524 g/mol. The predicted molar refractivity (Wildman–Crippen MR) is 145 cm³/mol. The number of aliphatic hydroxyl groups excluding tert-OH is 1. The first-order valence-electron chi connectivity index (χ1n) is 13.3. The standard InChI is InChI=1S/C29H40N4O5/c1-18(2)27-21(5)10-11-26(35)30-12-6-8-19(3)14-22(34)15-20(4)16-25-31-17-23(32-25)28(36)33-13-7-9-24(33)29(37)38-27/h6,8,10-11,14,17-18,21-22,24,27,34H,4,7,9,12-13,15-16H2,1-3,5H3,(H,30,35)(H,31,32)/b8-6+,11-10+,19-14+/t21-,22-,24-,27-/m1/s1. The smallest absolute Gasteiger partial charge is 0.329 e. The summed E-state index contributed by atoms with van der Waals surface area (Å²) in [7, 11) is 0. The van der Waals surface area contributed by atoms with Crippen LogP contribution >= 0.6 is 0 Å². The number of nitrogens with zero attached hydrogens (tertiary/aromatic N) is 2. The number of H-pyrrole nitrogens is 1. The molecule has 3 rings (SSSR count). The molecule has 0 saturated carbocycles. The van der Waals surface area contributed by atoms with Crippen LogP contribution in [0.1, 0.15) is 63.3 Å². The van der Waals surface area contributed by atoms with Gasteiger partial charge in [-0.3, -0.25) is 9.59 Å². The number of cyclic esters (lactones) is 1. The highest BCUT2D eigenvalue weighted by Crippen LogP contribution is 2.25. The Morgan fingerprint density at radius 3 is 2.74 bits per heavy atom. The predicted octanol–water partition coefficient (Wildman–Crippen LogP) is 3.26. The van der Waals surface area contributed by atoms with E-state index in [2.05, 4.69) is 21.9 Å². The normalized spacial score (nSPS) is 29.7. The molecule has 0 aliphatic carbocycles. The van der Waals surface area contributed by atoms with Crippen LogP contribution in [0.2, 0.25) is 0 Å². The fourth-order valence-corrected chi connectivity index (χ4v) is 4.87. The second kappa shape index (κ2) is 13.4. The summed E-state index contributed by atoms with van der Waals surface area (Å²) < 4.78 is 5.93. The largest absolute Gasteiger partial charge is 0.460 e. The number of hydrogen-bond donors (Lipinski definition) is 3. The Kier molecular flexibility index (Phi) is 10.2. The Bertz CT molecular complexity index is 1120. The molecule has 3 N–H and O–H groups in total. The van der Waals surface area contributed by atoms with Gasteiger partial charge in [-0.1, -0.05) is 62.8 Å². The lowest BCUT2D eigenvalue weighted by Crippen LogP contribution is -2.44. The van der Waals surface area contributed by atoms with Crippen LogP contribution in [0.4, 0.5) is 0 Å². The zero-order chi connectivity index (χ0) is 27.8. The molecule has 0 spiro atoms. The van der Waals surface area contributed by atoms with Crippen molar-refractivity contribution in [3.63, 3.8) is 0 Å². The molecule has 1 saturated heterocycles. The third kappa shape index (κ3) is 8.02. The van der Waals surface area contributed by atoms with E-state index in [0.29, 0.717) is 50.3 Å². The summed E-state index contributed by atoms with van der Waals surface area (Å²) in [5.41, 5.74) is 1.91. The van der Waals surface area contributed by atoms with E-state index in [0.717, 1.165) is 11.1 Å². The van der Waals surface area contributed by atoms with Crippen molar-refractivity contribution < 1.29 is 24.2 Å². The molecule has 2 aliphatic heterocycles. The second-order valence-corrected chi connectivity index (χ2v) is 10.5. The van der Waals surface area contributed by atoms with Gasteiger partial charge in [0.05, 0.1) is 12.3 Å². The first-order valence-corrected chi connectivity index (χ1v) is 13.3. The molecule has 206 valence electrons. The Balaban J connectivity index is 1.85. The third-order valence-electron chi connectivity index (χ3n) is 6.77. The average molecular weight is 525 g/mol. The molecule has 0 unspecified atom stereocenters. The van der Waals surface area contributed by atoms with Gasteiger partial charge >= 0.3 is 5.97 Å². The maximum atomic E-state index is 13.3. The van der Waals surface area contributed by atoms with Gasteiger partial charge in [-0.05, 0) is 38.2 Å². The number of aromatic amines is 1. The number of fused-ring (bicyclic) bond motifs is 3. The van der Waals surface area contributed by atoms with Gasteiger partial charge in [0.15, 0.2) is 0 Å². The minimum atomic E-state index is -0.728. The zero-order valence-electron chi connectivity index (χ0n) is 22.8. The molecule has 9 nitrogen and oxygen atoms in total. The lowest BCUT2D eigenvalue weighted by molar-refractivity contribution is -0.158. The molecule has 1 fully saturated rings. The molecule has 0 aromatic carbocycles. The van der Waals surface area contributed by atoms with Gasteiger partial charge in [-0.2, -0.15) is 0 Å². The Morgan fingerprint density at radius 2 is 2.00 bits per heavy atom. The zero-order valence-corrected chi connectivity index (χ0v) is 22.8. The molecule has 38 heavy (non-hydrogen) atoms. The average Bonchev–Trinajstić information content (AvgIpc) is 3.52. The molecule has 0 radical (unpaired) electrons. The number of aromatic nitrogens is 2. The molecule has 3 heterocycles. The van der Waals surface area contributed by atoms with Gasteiger partial charge < -0.3 is 25.0 Å². The number of carbonyl (C=O) groups excluding carboxylic acids is 3. The quantitative estimate of drug-likeness (QED) is 0.383. The van der Waals surface area contributed by atoms with Crippen LogP contribution in [0.25, 0.3) is 0 Å². The second-order valence-electron chi connectivity index (χ2n) is 10.5. The topological polar surface area (TPSA) is 125 Å². The number of allylic oxidation sites excluding steroid dienone is 2. The van der Waals surface area contributed by atoms with Gasteiger partial charge in [0.1, 0.15) is 23.7 Å². The minimum absolute atomic E-state index is 0.0120. The van der Waals surface area contributed by atoms with Crippen molar-refractivity contribution >= 4 is 17.8 Å². The molecule has 4 atom stereocenters. The van der Waals surface area contributed by atoms with Crippen LogP contribution in [0.15, 0.2) is 54.3 Å². The van der Waals surface area contributed by atoms with Crippen LogP contribution in [-0.4, -0.2) is 69.1 Å². The highest BCUT2D eigenvalue weighted by atomic mass is 16.5. The SMILES string of the molecule is C=C1Cc2ncc([nH]2)C(=O)N2CCC[C@@H]2C(=O)O[C@H](C(C)C)[C@H](C)/C=C/C(=O)NC/C=C/C(C)=C/[C@@H](O)C1. The fourth-order valence-electron chi connectivity index (χ4n) is 4.87. The highest BCUT2D eigenvalue weighted by molar-refractivity contribution is 5.95. The summed E-state index contributed by atoms with van der Waals surface area (Å²) in [6.45, 7) is 12.5. The van der Waals surface area contributed by atoms with Crippen molar-refractivity contribution in [1.82, 2.24) is 20.2 Å². The lowest BCUT2D eigenvalue weighted by atomic mass is 9.94. The van der Waals surface area contributed by atoms with Crippen LogP contribution in [0.5, 0.6) is 0 Å². The maximum Gasteiger partial charge on any atom is 0.329 e. The van der Waals surface area contributed by atoms with E-state index in [1.807, 2.05) is 39.8 Å². The van der Waals surface area contributed by atoms with Gasteiger partial charge in [-0.25, -0.2) is 9.78 Å². The van der Waals surface area contributed by atoms with Crippen LogP contribution in [0, 0.1) is 11.8 Å². The van der Waals surface area contributed by atoms with E-state index in [9.17, 15) is 19.5 Å². The van der Waals surface area contributed by atoms with Crippen LogP contribution in [-0.2, 0) is 20.7 Å². The number of hydrogen-bond acceptors (Lipinski definition) is 6. The summed E-state index contributed by atoms with van der Waals surface area (Å²) in [6, 6.07) is -0.677. The Hall–Kier alpha value is -3.46. The molecule has 2 bridgehead atoms. The van der Waals surface area contributed by atoms with Gasteiger partial charge in [-0.15, -0.1) is 0 Å². The number of aliphatic hydroxyl groups is 1. The summed E-state index contributed by atoms with van der Waals surface area (Å²) in [5, 5.41) is 13.2. The first-order chi connectivity index (χ1) is 18.0. The number of imidazole rings is 1. The van der Waals surface area contributed by atoms with Crippen molar-refractivity contribution in [2.45, 2.75) is 71.6 Å². The molecule has 1 aromatic heterocycles. The molecule has 2 amide bonds.